The third-order valence-electron chi connectivity index (χ3n) is 10.4. The molecular formula is C45H31NS. The highest BCUT2D eigenvalue weighted by Crippen LogP contribution is 2.51. The van der Waals surface area contributed by atoms with E-state index in [1.807, 2.05) is 11.3 Å². The van der Waals surface area contributed by atoms with E-state index in [9.17, 15) is 0 Å². The number of nitrogens with zero attached hydrogens (tertiary/aromatic N) is 1. The molecular weight excluding hydrogens is 587 g/mol. The lowest BCUT2D eigenvalue weighted by Gasteiger charge is -2.27. The van der Waals surface area contributed by atoms with Gasteiger partial charge in [-0.3, -0.25) is 0 Å². The van der Waals surface area contributed by atoms with Crippen molar-refractivity contribution >= 4 is 80.9 Å². The highest BCUT2D eigenvalue weighted by atomic mass is 32.1. The predicted octanol–water partition coefficient (Wildman–Crippen LogP) is 13.3. The van der Waals surface area contributed by atoms with Crippen LogP contribution in [-0.4, -0.2) is 0 Å². The number of anilines is 3. The zero-order chi connectivity index (χ0) is 31.3. The van der Waals surface area contributed by atoms with Crippen LogP contribution in [0.3, 0.4) is 0 Å². The standard InChI is InChI=1S/C45H31NS/c1-45(2)41-13-7-5-11-37(41)39-26-31(18-23-42(39)45)46(32-19-24-44-40(27-32)38-12-6-8-14-43(38)47-44)30-17-22-34-29(25-30)16-21-35-33-10-4-3-9-28(33)15-20-36(34)35/h3-27H,1-2H3. The first-order valence-corrected chi connectivity index (χ1v) is 17.2. The van der Waals surface area contributed by atoms with Gasteiger partial charge in [-0.1, -0.05) is 117 Å². The quantitative estimate of drug-likeness (QED) is 0.178. The highest BCUT2D eigenvalue weighted by molar-refractivity contribution is 7.25. The number of hydrogen-bond acceptors (Lipinski definition) is 2. The molecule has 0 radical (unpaired) electrons. The Hall–Kier alpha value is -5.44. The second kappa shape index (κ2) is 9.78. The van der Waals surface area contributed by atoms with Crippen molar-refractivity contribution in [2.45, 2.75) is 19.3 Å². The summed E-state index contributed by atoms with van der Waals surface area (Å²) in [7, 11) is 0. The molecule has 0 saturated heterocycles. The number of fused-ring (bicyclic) bond motifs is 11. The van der Waals surface area contributed by atoms with Crippen molar-refractivity contribution in [3.8, 4) is 11.1 Å². The molecule has 0 saturated carbocycles. The minimum Gasteiger partial charge on any atom is -0.310 e. The molecule has 1 aromatic heterocycles. The smallest absolute Gasteiger partial charge is 0.0468 e. The van der Waals surface area contributed by atoms with Crippen molar-refractivity contribution in [1.82, 2.24) is 0 Å². The fourth-order valence-electron chi connectivity index (χ4n) is 8.10. The third-order valence-corrected chi connectivity index (χ3v) is 11.6. The van der Waals surface area contributed by atoms with Crippen molar-refractivity contribution in [2.24, 2.45) is 0 Å². The molecule has 1 heterocycles. The van der Waals surface area contributed by atoms with Gasteiger partial charge in [0.05, 0.1) is 0 Å². The van der Waals surface area contributed by atoms with Gasteiger partial charge in [0.1, 0.15) is 0 Å². The van der Waals surface area contributed by atoms with E-state index < -0.39 is 0 Å². The van der Waals surface area contributed by atoms with Gasteiger partial charge in [0, 0.05) is 42.6 Å². The van der Waals surface area contributed by atoms with Gasteiger partial charge in [-0.25, -0.2) is 0 Å². The van der Waals surface area contributed by atoms with E-state index in [1.165, 1.54) is 80.4 Å². The molecule has 0 atom stereocenters. The Morgan fingerprint density at radius 3 is 1.89 bits per heavy atom. The van der Waals surface area contributed by atoms with Gasteiger partial charge in [-0.05, 0) is 103 Å². The van der Waals surface area contributed by atoms with Crippen LogP contribution in [0.5, 0.6) is 0 Å². The average molecular weight is 618 g/mol. The molecule has 0 N–H and O–H groups in total. The fourth-order valence-corrected chi connectivity index (χ4v) is 9.19. The van der Waals surface area contributed by atoms with Gasteiger partial charge in [0.15, 0.2) is 0 Å². The number of hydrogen-bond donors (Lipinski definition) is 0. The maximum atomic E-state index is 2.45. The zero-order valence-corrected chi connectivity index (χ0v) is 27.1. The van der Waals surface area contributed by atoms with Gasteiger partial charge >= 0.3 is 0 Å². The second-order valence-electron chi connectivity index (χ2n) is 13.4. The summed E-state index contributed by atoms with van der Waals surface area (Å²) in [6, 6.07) is 56.5. The van der Waals surface area contributed by atoms with Gasteiger partial charge in [0.2, 0.25) is 0 Å². The molecule has 0 unspecified atom stereocenters. The molecule has 0 aliphatic heterocycles. The molecule has 1 aliphatic carbocycles. The largest absolute Gasteiger partial charge is 0.310 e. The summed E-state index contributed by atoms with van der Waals surface area (Å²) in [6.45, 7) is 4.70. The Morgan fingerprint density at radius 2 is 1.00 bits per heavy atom. The Morgan fingerprint density at radius 1 is 0.404 bits per heavy atom. The number of thiophene rings is 1. The summed E-state index contributed by atoms with van der Waals surface area (Å²) in [5, 5.41) is 10.3. The minimum atomic E-state index is -0.0298. The lowest BCUT2D eigenvalue weighted by Crippen LogP contribution is -2.15. The van der Waals surface area contributed by atoms with E-state index in [0.29, 0.717) is 0 Å². The molecule has 9 aromatic rings. The highest BCUT2D eigenvalue weighted by Gasteiger charge is 2.35. The van der Waals surface area contributed by atoms with Crippen LogP contribution in [0.1, 0.15) is 25.0 Å². The zero-order valence-electron chi connectivity index (χ0n) is 26.3. The van der Waals surface area contributed by atoms with E-state index in [0.717, 1.165) is 11.4 Å². The maximum Gasteiger partial charge on any atom is 0.0468 e. The van der Waals surface area contributed by atoms with Crippen LogP contribution in [-0.2, 0) is 5.41 Å². The summed E-state index contributed by atoms with van der Waals surface area (Å²) < 4.78 is 2.64. The van der Waals surface area contributed by atoms with Gasteiger partial charge in [-0.15, -0.1) is 11.3 Å². The summed E-state index contributed by atoms with van der Waals surface area (Å²) in [6.07, 6.45) is 0. The van der Waals surface area contributed by atoms with Crippen LogP contribution >= 0.6 is 11.3 Å². The molecule has 0 bridgehead atoms. The van der Waals surface area contributed by atoms with Crippen LogP contribution in [0.25, 0.3) is 63.6 Å². The lowest BCUT2D eigenvalue weighted by atomic mass is 9.82. The van der Waals surface area contributed by atoms with Gasteiger partial charge in [-0.2, -0.15) is 0 Å². The van der Waals surface area contributed by atoms with E-state index in [4.69, 9.17) is 0 Å². The van der Waals surface area contributed by atoms with Crippen LogP contribution in [0, 0.1) is 0 Å². The number of rotatable bonds is 3. The van der Waals surface area contributed by atoms with E-state index >= 15 is 0 Å². The second-order valence-corrected chi connectivity index (χ2v) is 14.5. The molecule has 222 valence electrons. The summed E-state index contributed by atoms with van der Waals surface area (Å²) in [4.78, 5) is 2.45. The van der Waals surface area contributed by atoms with Crippen LogP contribution in [0.4, 0.5) is 17.1 Å². The average Bonchev–Trinajstić information content (AvgIpc) is 3.59. The van der Waals surface area contributed by atoms with Crippen molar-refractivity contribution in [2.75, 3.05) is 4.90 Å². The third kappa shape index (κ3) is 3.89. The van der Waals surface area contributed by atoms with E-state index in [2.05, 4.69) is 170 Å². The predicted molar refractivity (Wildman–Crippen MR) is 204 cm³/mol. The van der Waals surface area contributed by atoms with Crippen LogP contribution < -0.4 is 4.90 Å². The first-order valence-electron chi connectivity index (χ1n) is 16.3. The molecule has 0 fully saturated rings. The first kappa shape index (κ1) is 26.7. The summed E-state index contributed by atoms with van der Waals surface area (Å²) in [5.74, 6) is 0. The normalized spacial score (nSPS) is 13.5. The summed E-state index contributed by atoms with van der Waals surface area (Å²) >= 11 is 1.87. The van der Waals surface area contributed by atoms with Crippen molar-refractivity contribution in [3.05, 3.63) is 163 Å². The van der Waals surface area contributed by atoms with Crippen LogP contribution in [0.2, 0.25) is 0 Å². The van der Waals surface area contributed by atoms with Gasteiger partial charge in [0.25, 0.3) is 0 Å². The van der Waals surface area contributed by atoms with Crippen molar-refractivity contribution in [1.29, 1.82) is 0 Å². The number of benzene rings is 8. The summed E-state index contributed by atoms with van der Waals surface area (Å²) in [5.41, 5.74) is 8.91. The molecule has 0 spiro atoms. The van der Waals surface area contributed by atoms with Crippen molar-refractivity contribution in [3.63, 3.8) is 0 Å². The lowest BCUT2D eigenvalue weighted by molar-refractivity contribution is 0.660. The van der Waals surface area contributed by atoms with E-state index in [-0.39, 0.29) is 5.41 Å². The Balaban J connectivity index is 1.21. The Bertz CT molecular complexity index is 2730. The molecule has 2 heteroatoms. The molecule has 1 aliphatic rings. The van der Waals surface area contributed by atoms with E-state index in [1.54, 1.807) is 0 Å². The Kier molecular flexibility index (Phi) is 5.57. The topological polar surface area (TPSA) is 3.24 Å². The Labute approximate surface area is 278 Å². The fraction of sp³-hybridized carbons (Fsp3) is 0.0667. The van der Waals surface area contributed by atoms with Crippen molar-refractivity contribution < 1.29 is 0 Å². The molecule has 47 heavy (non-hydrogen) atoms. The first-order chi connectivity index (χ1) is 23.0. The molecule has 0 amide bonds. The molecule has 10 rings (SSSR count). The maximum absolute atomic E-state index is 2.45. The molecule has 8 aromatic carbocycles. The minimum absolute atomic E-state index is 0.0298. The molecule has 1 nitrogen and oxygen atoms in total. The monoisotopic (exact) mass is 617 g/mol. The SMILES string of the molecule is CC1(C)c2ccccc2-c2cc(N(c3ccc4c(ccc5c6ccccc6ccc45)c3)c3ccc4sc5ccccc5c4c3)ccc21. The van der Waals surface area contributed by atoms with Crippen LogP contribution in [0.15, 0.2) is 152 Å². The van der Waals surface area contributed by atoms with Gasteiger partial charge < -0.3 is 4.90 Å².